The third-order valence-corrected chi connectivity index (χ3v) is 8.40. The molecule has 0 radical (unpaired) electrons. The monoisotopic (exact) mass is 553 g/mol. The van der Waals surface area contributed by atoms with Gasteiger partial charge in [-0.1, -0.05) is 96.5 Å². The average Bonchev–Trinajstić information content (AvgIpc) is 3.74. The maximum Gasteiger partial charge on any atom is 0.310 e. The molecule has 1 N–H and O–H groups in total. The molecule has 2 bridgehead atoms. The second-order valence-corrected chi connectivity index (χ2v) is 10.8. The molecule has 40 heavy (non-hydrogen) atoms. The lowest BCUT2D eigenvalue weighted by Gasteiger charge is -2.31. The van der Waals surface area contributed by atoms with Gasteiger partial charge in [0.15, 0.2) is 5.82 Å². The largest absolute Gasteiger partial charge is 0.481 e. The molecule has 200 valence electrons. The first-order chi connectivity index (χ1) is 19.5. The molecule has 3 aliphatic rings. The fraction of sp³-hybridized carbons (Fsp3) is 0.233. The van der Waals surface area contributed by atoms with Gasteiger partial charge in [-0.05, 0) is 39.2 Å². The molecule has 4 heterocycles. The number of carboxylic acids is 1. The number of amides is 1. The van der Waals surface area contributed by atoms with Crippen LogP contribution in [0.25, 0.3) is 0 Å². The summed E-state index contributed by atoms with van der Waals surface area (Å²) in [6.45, 7) is 0.175. The highest BCUT2D eigenvalue weighted by atomic mass is 35.5. The molecule has 1 amide bonds. The Bertz CT molecular complexity index is 1570. The molecule has 2 saturated heterocycles. The summed E-state index contributed by atoms with van der Waals surface area (Å²) in [5.41, 5.74) is 1.68. The van der Waals surface area contributed by atoms with E-state index in [1.165, 1.54) is 0 Å². The lowest BCUT2D eigenvalue weighted by molar-refractivity contribution is -0.148. The summed E-state index contributed by atoms with van der Waals surface area (Å²) in [5.74, 6) is -2.69. The van der Waals surface area contributed by atoms with E-state index in [-0.39, 0.29) is 18.5 Å². The van der Waals surface area contributed by atoms with Crippen molar-refractivity contribution >= 4 is 23.5 Å². The zero-order chi connectivity index (χ0) is 27.4. The summed E-state index contributed by atoms with van der Waals surface area (Å²) in [5, 5.41) is 23.5. The van der Waals surface area contributed by atoms with Crippen LogP contribution in [0.3, 0.4) is 0 Å². The molecule has 4 aromatic rings. The molecule has 1 aromatic heterocycles. The van der Waals surface area contributed by atoms with E-state index in [2.05, 4.69) is 15.5 Å². The van der Waals surface area contributed by atoms with Gasteiger partial charge >= 0.3 is 5.97 Å². The molecule has 0 aliphatic carbocycles. The molecule has 3 aliphatic heterocycles. The van der Waals surface area contributed by atoms with Gasteiger partial charge < -0.3 is 14.7 Å². The molecule has 0 saturated carbocycles. The zero-order valence-corrected chi connectivity index (χ0v) is 21.9. The fourth-order valence-electron chi connectivity index (χ4n) is 6.45. The highest BCUT2D eigenvalue weighted by molar-refractivity contribution is 6.30. The number of benzene rings is 3. The van der Waals surface area contributed by atoms with Gasteiger partial charge in [-0.2, -0.15) is 0 Å². The van der Waals surface area contributed by atoms with Crippen LogP contribution in [0.5, 0.6) is 0 Å². The van der Waals surface area contributed by atoms with Crippen LogP contribution in [0.2, 0.25) is 5.02 Å². The van der Waals surface area contributed by atoms with Crippen molar-refractivity contribution in [3.05, 3.63) is 125 Å². The Morgan fingerprint density at radius 1 is 0.950 bits per heavy atom. The molecule has 2 fully saturated rings. The minimum atomic E-state index is -1.04. The number of nitrogens with zero attached hydrogens (tertiary/aromatic N) is 5. The molecule has 9 nitrogen and oxygen atoms in total. The van der Waals surface area contributed by atoms with E-state index in [0.717, 1.165) is 16.7 Å². The number of rotatable bonds is 7. The van der Waals surface area contributed by atoms with Crippen molar-refractivity contribution in [3.8, 4) is 0 Å². The molecule has 3 aromatic carbocycles. The minimum absolute atomic E-state index is 0.175. The van der Waals surface area contributed by atoms with Gasteiger partial charge in [0.05, 0.1) is 18.6 Å². The number of hydrogen-bond donors (Lipinski definition) is 1. The second-order valence-electron chi connectivity index (χ2n) is 10.4. The molecule has 5 atom stereocenters. The highest BCUT2D eigenvalue weighted by Gasteiger charge is 2.68. The van der Waals surface area contributed by atoms with E-state index in [9.17, 15) is 14.7 Å². The number of carboxylic acid groups (broad SMARTS) is 1. The number of likely N-dealkylation sites (tertiary alicyclic amines) is 1. The summed E-state index contributed by atoms with van der Waals surface area (Å²) >= 11 is 6.23. The summed E-state index contributed by atoms with van der Waals surface area (Å²) in [4.78, 5) is 28.0. The van der Waals surface area contributed by atoms with Crippen LogP contribution in [0.1, 0.15) is 34.6 Å². The first-order valence-corrected chi connectivity index (χ1v) is 13.4. The molecular weight excluding hydrogens is 530 g/mol. The lowest BCUT2D eigenvalue weighted by Crippen LogP contribution is -2.40. The normalized spacial score (nSPS) is 25.5. The lowest BCUT2D eigenvalue weighted by atomic mass is 9.77. The number of aromatic nitrogens is 4. The van der Waals surface area contributed by atoms with E-state index in [4.69, 9.17) is 16.3 Å². The maximum absolute atomic E-state index is 14.1. The van der Waals surface area contributed by atoms with Crippen molar-refractivity contribution in [2.45, 2.75) is 23.8 Å². The van der Waals surface area contributed by atoms with Crippen LogP contribution >= 0.6 is 11.6 Å². The zero-order valence-electron chi connectivity index (χ0n) is 21.1. The Balaban J connectivity index is 1.38. The predicted octanol–water partition coefficient (Wildman–Crippen LogP) is 3.92. The molecule has 0 unspecified atom stereocenters. The third kappa shape index (κ3) is 3.76. The number of carbonyl (C=O) groups excluding carboxylic acids is 1. The number of ether oxygens (including phenoxy) is 1. The average molecular weight is 554 g/mol. The standard InChI is InChI=1S/C30H24ClN5O4/c31-21-13-11-20(12-14-21)26(35-17-30-16-15-22(40-30)23(29(38)39)24(30)28(35)37)27-32-33-34-36(27)25(18-7-3-1-4-8-18)19-9-5-2-6-10-19/h1-16,22-26H,17H2,(H,38,39)/t22-,23+,24+,26-,30-/m1/s1. The van der Waals surface area contributed by atoms with Crippen molar-refractivity contribution in [1.82, 2.24) is 25.1 Å². The van der Waals surface area contributed by atoms with Crippen molar-refractivity contribution < 1.29 is 19.4 Å². The third-order valence-electron chi connectivity index (χ3n) is 8.15. The van der Waals surface area contributed by atoms with Crippen LogP contribution < -0.4 is 0 Å². The van der Waals surface area contributed by atoms with Gasteiger partial charge in [-0.3, -0.25) is 9.59 Å². The van der Waals surface area contributed by atoms with Crippen molar-refractivity contribution in [2.75, 3.05) is 6.54 Å². The molecule has 7 rings (SSSR count). The maximum atomic E-state index is 14.1. The first-order valence-electron chi connectivity index (χ1n) is 13.0. The summed E-state index contributed by atoms with van der Waals surface area (Å²) in [6, 6.07) is 25.9. The van der Waals surface area contributed by atoms with Crippen LogP contribution in [0.4, 0.5) is 0 Å². The SMILES string of the molecule is O=C(O)[C@@H]1[C@H]2C(=O)N([C@H](c3ccc(Cl)cc3)c3nnnn3C(c3ccccc3)c3ccccc3)C[C@]23C=C[C@H]1O3. The minimum Gasteiger partial charge on any atom is -0.481 e. The van der Waals surface area contributed by atoms with Gasteiger partial charge in [0.1, 0.15) is 23.6 Å². The van der Waals surface area contributed by atoms with Crippen molar-refractivity contribution in [1.29, 1.82) is 0 Å². The number of fused-ring (bicyclic) bond motifs is 1. The molecule has 1 spiro atoms. The van der Waals surface area contributed by atoms with E-state index >= 15 is 0 Å². The second kappa shape index (κ2) is 9.39. The van der Waals surface area contributed by atoms with Crippen LogP contribution in [0.15, 0.2) is 97.1 Å². The van der Waals surface area contributed by atoms with Crippen LogP contribution in [0, 0.1) is 11.8 Å². The fourth-order valence-corrected chi connectivity index (χ4v) is 6.58. The Morgan fingerprint density at radius 3 is 2.20 bits per heavy atom. The molecular formula is C30H24ClN5O4. The van der Waals surface area contributed by atoms with Gasteiger partial charge in [-0.15, -0.1) is 5.10 Å². The van der Waals surface area contributed by atoms with E-state index in [1.807, 2.05) is 78.9 Å². The summed E-state index contributed by atoms with van der Waals surface area (Å²) < 4.78 is 7.91. The quantitative estimate of drug-likeness (QED) is 0.345. The van der Waals surface area contributed by atoms with Crippen molar-refractivity contribution in [3.63, 3.8) is 0 Å². The van der Waals surface area contributed by atoms with Gasteiger partial charge in [-0.25, -0.2) is 4.68 Å². The Morgan fingerprint density at radius 2 is 1.57 bits per heavy atom. The molecule has 10 heteroatoms. The Hall–Kier alpha value is -4.34. The van der Waals surface area contributed by atoms with Gasteiger partial charge in [0, 0.05) is 5.02 Å². The van der Waals surface area contributed by atoms with E-state index in [0.29, 0.717) is 10.8 Å². The summed E-state index contributed by atoms with van der Waals surface area (Å²) in [6.07, 6.45) is 2.99. The number of hydrogen-bond acceptors (Lipinski definition) is 6. The number of aliphatic carboxylic acids is 1. The summed E-state index contributed by atoms with van der Waals surface area (Å²) in [7, 11) is 0. The van der Waals surface area contributed by atoms with Gasteiger partial charge in [0.25, 0.3) is 0 Å². The van der Waals surface area contributed by atoms with E-state index in [1.54, 1.807) is 27.8 Å². The predicted molar refractivity (Wildman–Crippen MR) is 144 cm³/mol. The first kappa shape index (κ1) is 24.7. The topological polar surface area (TPSA) is 110 Å². The number of halogens is 1. The Labute approximate surface area is 234 Å². The van der Waals surface area contributed by atoms with E-state index < -0.39 is 35.6 Å². The Kier molecular flexibility index (Phi) is 5.80. The highest BCUT2D eigenvalue weighted by Crippen LogP contribution is 2.54. The van der Waals surface area contributed by atoms with Crippen LogP contribution in [-0.4, -0.2) is 60.3 Å². The number of carbonyl (C=O) groups is 2. The van der Waals surface area contributed by atoms with Gasteiger partial charge in [0.2, 0.25) is 5.91 Å². The van der Waals surface area contributed by atoms with Crippen molar-refractivity contribution in [2.24, 2.45) is 11.8 Å². The number of tetrazole rings is 1. The smallest absolute Gasteiger partial charge is 0.310 e. The van der Waals surface area contributed by atoms with Crippen LogP contribution in [-0.2, 0) is 14.3 Å².